The van der Waals surface area contributed by atoms with Crippen molar-refractivity contribution in [2.24, 2.45) is 0 Å². The Labute approximate surface area is 150 Å². The molecule has 0 radical (unpaired) electrons. The standard InChI is InChI=1S/C18H17ClN2O4/c1-2-25-18(24)14-5-3-4-6-15(14)21-16(22)11-20-17(23)12-7-9-13(19)10-8-12/h3-10H,2,11H2,1H3,(H,20,23)(H,21,22). The molecule has 0 heterocycles. The van der Waals surface area contributed by atoms with E-state index < -0.39 is 17.8 Å². The van der Waals surface area contributed by atoms with Gasteiger partial charge in [-0.3, -0.25) is 9.59 Å². The highest BCUT2D eigenvalue weighted by atomic mass is 35.5. The number of para-hydroxylation sites is 1. The summed E-state index contributed by atoms with van der Waals surface area (Å²) < 4.78 is 4.95. The van der Waals surface area contributed by atoms with Crippen LogP contribution < -0.4 is 10.6 Å². The van der Waals surface area contributed by atoms with Gasteiger partial charge in [0, 0.05) is 10.6 Å². The zero-order valence-corrected chi connectivity index (χ0v) is 14.3. The molecule has 2 rings (SSSR count). The van der Waals surface area contributed by atoms with E-state index in [1.807, 2.05) is 0 Å². The number of amides is 2. The van der Waals surface area contributed by atoms with E-state index in [1.165, 1.54) is 0 Å². The summed E-state index contributed by atoms with van der Waals surface area (Å²) in [6.07, 6.45) is 0. The lowest BCUT2D eigenvalue weighted by Gasteiger charge is -2.11. The highest BCUT2D eigenvalue weighted by molar-refractivity contribution is 6.30. The first-order valence-electron chi connectivity index (χ1n) is 7.61. The van der Waals surface area contributed by atoms with Crippen LogP contribution >= 0.6 is 11.6 Å². The second-order valence-corrected chi connectivity index (χ2v) is 5.44. The third-order valence-electron chi connectivity index (χ3n) is 3.21. The Bertz CT molecular complexity index is 775. The highest BCUT2D eigenvalue weighted by Crippen LogP contribution is 2.16. The Morgan fingerprint density at radius 2 is 1.72 bits per heavy atom. The molecular formula is C18H17ClN2O4. The minimum atomic E-state index is -0.524. The largest absolute Gasteiger partial charge is 0.462 e. The fourth-order valence-corrected chi connectivity index (χ4v) is 2.16. The first-order valence-corrected chi connectivity index (χ1v) is 7.99. The molecule has 2 N–H and O–H groups in total. The predicted molar refractivity (Wildman–Crippen MR) is 94.8 cm³/mol. The van der Waals surface area contributed by atoms with Gasteiger partial charge in [-0.1, -0.05) is 23.7 Å². The SMILES string of the molecule is CCOC(=O)c1ccccc1NC(=O)CNC(=O)c1ccc(Cl)cc1. The highest BCUT2D eigenvalue weighted by Gasteiger charge is 2.14. The topological polar surface area (TPSA) is 84.5 Å². The van der Waals surface area contributed by atoms with E-state index in [0.29, 0.717) is 16.3 Å². The van der Waals surface area contributed by atoms with E-state index in [0.717, 1.165) is 0 Å². The third-order valence-corrected chi connectivity index (χ3v) is 3.46. The number of anilines is 1. The van der Waals surface area contributed by atoms with Crippen molar-refractivity contribution in [2.45, 2.75) is 6.92 Å². The fraction of sp³-hybridized carbons (Fsp3) is 0.167. The van der Waals surface area contributed by atoms with Crippen LogP contribution in [-0.2, 0) is 9.53 Å². The molecule has 0 unspecified atom stereocenters. The van der Waals surface area contributed by atoms with Crippen LogP contribution in [0, 0.1) is 0 Å². The first kappa shape index (κ1) is 18.5. The number of halogens is 1. The molecule has 0 aliphatic rings. The Morgan fingerprint density at radius 3 is 2.40 bits per heavy atom. The van der Waals surface area contributed by atoms with Gasteiger partial charge in [-0.25, -0.2) is 4.79 Å². The van der Waals surface area contributed by atoms with Gasteiger partial charge in [0.2, 0.25) is 5.91 Å². The Balaban J connectivity index is 1.95. The van der Waals surface area contributed by atoms with Crippen LogP contribution in [0.25, 0.3) is 0 Å². The maximum absolute atomic E-state index is 12.0. The number of carbonyl (C=O) groups excluding carboxylic acids is 3. The molecule has 0 atom stereocenters. The van der Waals surface area contributed by atoms with Crippen LogP contribution in [0.5, 0.6) is 0 Å². The van der Waals surface area contributed by atoms with Crippen LogP contribution in [-0.4, -0.2) is 30.9 Å². The van der Waals surface area contributed by atoms with E-state index >= 15 is 0 Å². The average molecular weight is 361 g/mol. The number of esters is 1. The molecule has 0 bridgehead atoms. The van der Waals surface area contributed by atoms with Gasteiger partial charge in [0.05, 0.1) is 24.4 Å². The van der Waals surface area contributed by atoms with E-state index in [1.54, 1.807) is 55.5 Å². The summed E-state index contributed by atoms with van der Waals surface area (Å²) in [6, 6.07) is 12.8. The number of hydrogen-bond donors (Lipinski definition) is 2. The first-order chi connectivity index (χ1) is 12.0. The number of benzene rings is 2. The van der Waals surface area contributed by atoms with E-state index in [9.17, 15) is 14.4 Å². The van der Waals surface area contributed by atoms with E-state index in [-0.39, 0.29) is 18.7 Å². The van der Waals surface area contributed by atoms with Gasteiger partial charge < -0.3 is 15.4 Å². The van der Waals surface area contributed by atoms with Gasteiger partial charge in [0.1, 0.15) is 0 Å². The van der Waals surface area contributed by atoms with Gasteiger partial charge >= 0.3 is 5.97 Å². The Kier molecular flexibility index (Phi) is 6.54. The molecule has 0 saturated carbocycles. The average Bonchev–Trinajstić information content (AvgIpc) is 2.61. The molecule has 2 aromatic carbocycles. The number of rotatable bonds is 6. The maximum atomic E-state index is 12.0. The minimum Gasteiger partial charge on any atom is -0.462 e. The van der Waals surface area contributed by atoms with Crippen molar-refractivity contribution in [1.82, 2.24) is 5.32 Å². The molecule has 0 fully saturated rings. The molecule has 0 spiro atoms. The van der Waals surface area contributed by atoms with Crippen molar-refractivity contribution in [3.8, 4) is 0 Å². The molecule has 0 aliphatic heterocycles. The van der Waals surface area contributed by atoms with Crippen molar-refractivity contribution in [2.75, 3.05) is 18.5 Å². The molecule has 130 valence electrons. The number of carbonyl (C=O) groups is 3. The number of nitrogens with one attached hydrogen (secondary N) is 2. The molecule has 2 aromatic rings. The van der Waals surface area contributed by atoms with E-state index in [4.69, 9.17) is 16.3 Å². The summed E-state index contributed by atoms with van der Waals surface area (Å²) in [7, 11) is 0. The van der Waals surface area contributed by atoms with Crippen molar-refractivity contribution in [3.63, 3.8) is 0 Å². The zero-order chi connectivity index (χ0) is 18.2. The summed E-state index contributed by atoms with van der Waals surface area (Å²) in [5.74, 6) is -1.38. The normalized spacial score (nSPS) is 10.0. The summed E-state index contributed by atoms with van der Waals surface area (Å²) in [4.78, 5) is 35.9. The second kappa shape index (κ2) is 8.84. The third kappa shape index (κ3) is 5.32. The predicted octanol–water partition coefficient (Wildman–Crippen LogP) is 2.89. The van der Waals surface area contributed by atoms with Crippen LogP contribution in [0.3, 0.4) is 0 Å². The zero-order valence-electron chi connectivity index (χ0n) is 13.5. The summed E-state index contributed by atoms with van der Waals surface area (Å²) >= 11 is 5.76. The van der Waals surface area contributed by atoms with Crippen LogP contribution in [0.1, 0.15) is 27.6 Å². The molecule has 0 saturated heterocycles. The molecule has 0 aliphatic carbocycles. The lowest BCUT2D eigenvalue weighted by atomic mass is 10.2. The second-order valence-electron chi connectivity index (χ2n) is 5.00. The summed E-state index contributed by atoms with van der Waals surface area (Å²) in [5.41, 5.74) is 0.970. The van der Waals surface area contributed by atoms with Crippen LogP contribution in [0.2, 0.25) is 5.02 Å². The number of ether oxygens (including phenoxy) is 1. The van der Waals surface area contributed by atoms with Crippen molar-refractivity contribution in [1.29, 1.82) is 0 Å². The number of hydrogen-bond acceptors (Lipinski definition) is 4. The lowest BCUT2D eigenvalue weighted by Crippen LogP contribution is -2.33. The Hall–Kier alpha value is -2.86. The summed E-state index contributed by atoms with van der Waals surface area (Å²) in [6.45, 7) is 1.70. The van der Waals surface area contributed by atoms with Gasteiger partial charge in [-0.2, -0.15) is 0 Å². The Morgan fingerprint density at radius 1 is 1.04 bits per heavy atom. The van der Waals surface area contributed by atoms with Crippen molar-refractivity contribution >= 4 is 35.1 Å². The minimum absolute atomic E-state index is 0.234. The fourth-order valence-electron chi connectivity index (χ4n) is 2.04. The molecular weight excluding hydrogens is 344 g/mol. The molecule has 0 aromatic heterocycles. The van der Waals surface area contributed by atoms with Crippen LogP contribution in [0.4, 0.5) is 5.69 Å². The molecule has 25 heavy (non-hydrogen) atoms. The van der Waals surface area contributed by atoms with Crippen molar-refractivity contribution < 1.29 is 19.1 Å². The lowest BCUT2D eigenvalue weighted by molar-refractivity contribution is -0.115. The molecule has 6 nitrogen and oxygen atoms in total. The van der Waals surface area contributed by atoms with Gasteiger partial charge in [-0.05, 0) is 43.3 Å². The van der Waals surface area contributed by atoms with Gasteiger partial charge in [-0.15, -0.1) is 0 Å². The molecule has 2 amide bonds. The van der Waals surface area contributed by atoms with Crippen LogP contribution in [0.15, 0.2) is 48.5 Å². The van der Waals surface area contributed by atoms with Gasteiger partial charge in [0.25, 0.3) is 5.91 Å². The molecule has 7 heteroatoms. The smallest absolute Gasteiger partial charge is 0.340 e. The summed E-state index contributed by atoms with van der Waals surface area (Å²) in [5, 5.41) is 5.61. The maximum Gasteiger partial charge on any atom is 0.340 e. The monoisotopic (exact) mass is 360 g/mol. The quantitative estimate of drug-likeness (QED) is 0.776. The van der Waals surface area contributed by atoms with E-state index in [2.05, 4.69) is 10.6 Å². The van der Waals surface area contributed by atoms with Crippen molar-refractivity contribution in [3.05, 3.63) is 64.7 Å². The van der Waals surface area contributed by atoms with Gasteiger partial charge in [0.15, 0.2) is 0 Å².